The van der Waals surface area contributed by atoms with E-state index in [-0.39, 0.29) is 11.4 Å². The van der Waals surface area contributed by atoms with Gasteiger partial charge >= 0.3 is 12.1 Å². The summed E-state index contributed by atoms with van der Waals surface area (Å²) in [5, 5.41) is 8.93. The molecule has 0 saturated heterocycles. The van der Waals surface area contributed by atoms with Gasteiger partial charge < -0.3 is 5.32 Å². The number of alkyl halides is 5. The Labute approximate surface area is 164 Å². The molecule has 0 aliphatic carbocycles. The summed E-state index contributed by atoms with van der Waals surface area (Å²) in [7, 11) is 1.42. The van der Waals surface area contributed by atoms with Crippen molar-refractivity contribution in [2.75, 3.05) is 18.1 Å². The highest BCUT2D eigenvalue weighted by Crippen LogP contribution is 2.43. The van der Waals surface area contributed by atoms with Crippen molar-refractivity contribution >= 4 is 33.5 Å². The summed E-state index contributed by atoms with van der Waals surface area (Å²) in [5.74, 6) is 0.837. The molecule has 4 nitrogen and oxygen atoms in total. The van der Waals surface area contributed by atoms with Gasteiger partial charge in [-0.25, -0.2) is 4.98 Å². The van der Waals surface area contributed by atoms with Crippen LogP contribution < -0.4 is 5.32 Å². The van der Waals surface area contributed by atoms with E-state index >= 15 is 0 Å². The first-order valence-electron chi connectivity index (χ1n) is 7.41. The highest BCUT2D eigenvalue weighted by molar-refractivity contribution is 9.10. The molecule has 2 rings (SSSR count). The summed E-state index contributed by atoms with van der Waals surface area (Å²) in [5.41, 5.74) is -1.30. The minimum atomic E-state index is -5.79. The summed E-state index contributed by atoms with van der Waals surface area (Å²) in [4.78, 5) is 4.90. The van der Waals surface area contributed by atoms with Gasteiger partial charge in [0, 0.05) is 22.6 Å². The van der Waals surface area contributed by atoms with E-state index in [1.54, 1.807) is 6.07 Å². The summed E-state index contributed by atoms with van der Waals surface area (Å²) in [6.07, 6.45) is -4.28. The Kier molecular flexibility index (Phi) is 6.64. The second kappa shape index (κ2) is 8.39. The fraction of sp³-hybridized carbons (Fsp3) is 0.312. The van der Waals surface area contributed by atoms with Gasteiger partial charge in [-0.2, -0.15) is 22.0 Å². The zero-order valence-electron chi connectivity index (χ0n) is 14.0. The lowest BCUT2D eigenvalue weighted by Crippen LogP contribution is -2.35. The van der Waals surface area contributed by atoms with Crippen LogP contribution in [-0.2, 0) is 5.92 Å². The van der Waals surface area contributed by atoms with E-state index < -0.39 is 17.8 Å². The van der Waals surface area contributed by atoms with E-state index in [0.29, 0.717) is 11.8 Å². The summed E-state index contributed by atoms with van der Waals surface area (Å²) >= 11 is 4.76. The largest absolute Gasteiger partial charge is 0.459 e. The Bertz CT molecular complexity index is 893. The van der Waals surface area contributed by atoms with Crippen LogP contribution in [0.25, 0.3) is 0 Å². The Balaban J connectivity index is 2.52. The highest BCUT2D eigenvalue weighted by atomic mass is 79.9. The SMILES string of the molecule is CCSc1cc(Br)cnc1C#Cc1cc(C(F)(F)C(F)(F)F)nnc1NC. The maximum Gasteiger partial charge on any atom is 0.459 e. The number of aromatic nitrogens is 3. The third-order valence-corrected chi connectivity index (χ3v) is 4.49. The smallest absolute Gasteiger partial charge is 0.371 e. The molecule has 0 radical (unpaired) electrons. The van der Waals surface area contributed by atoms with Gasteiger partial charge in [-0.1, -0.05) is 12.8 Å². The first-order chi connectivity index (χ1) is 12.6. The normalized spacial score (nSPS) is 11.7. The molecule has 0 fully saturated rings. The summed E-state index contributed by atoms with van der Waals surface area (Å²) < 4.78 is 65.5. The van der Waals surface area contributed by atoms with Crippen LogP contribution in [0.15, 0.2) is 27.7 Å². The second-order valence-corrected chi connectivity index (χ2v) is 7.22. The number of thioether (sulfide) groups is 1. The Morgan fingerprint density at radius 1 is 1.15 bits per heavy atom. The number of halogens is 6. The van der Waals surface area contributed by atoms with Crippen molar-refractivity contribution in [2.24, 2.45) is 0 Å². The minimum absolute atomic E-state index is 0.0222. The van der Waals surface area contributed by atoms with Gasteiger partial charge in [-0.3, -0.25) is 0 Å². The van der Waals surface area contributed by atoms with Gasteiger partial charge in [0.25, 0.3) is 0 Å². The van der Waals surface area contributed by atoms with E-state index in [2.05, 4.69) is 48.3 Å². The zero-order valence-corrected chi connectivity index (χ0v) is 16.4. The zero-order chi connectivity index (χ0) is 20.2. The lowest BCUT2D eigenvalue weighted by atomic mass is 10.1. The van der Waals surface area contributed by atoms with E-state index in [1.807, 2.05) is 6.92 Å². The molecule has 0 saturated carbocycles. The third kappa shape index (κ3) is 4.87. The van der Waals surface area contributed by atoms with Crippen LogP contribution in [0.2, 0.25) is 0 Å². The van der Waals surface area contributed by atoms with Gasteiger partial charge in [0.05, 0.1) is 5.56 Å². The molecule has 0 aliphatic rings. The first-order valence-corrected chi connectivity index (χ1v) is 9.18. The number of nitrogens with zero attached hydrogens (tertiary/aromatic N) is 3. The van der Waals surface area contributed by atoms with Crippen molar-refractivity contribution in [3.8, 4) is 11.8 Å². The number of rotatable bonds is 4. The predicted octanol–water partition coefficient (Wildman–Crippen LogP) is 4.84. The minimum Gasteiger partial charge on any atom is -0.371 e. The third-order valence-electron chi connectivity index (χ3n) is 3.14. The molecule has 144 valence electrons. The average Bonchev–Trinajstić information content (AvgIpc) is 2.60. The maximum atomic E-state index is 13.5. The monoisotopic (exact) mass is 466 g/mol. The number of hydrogen-bond donors (Lipinski definition) is 1. The molecule has 1 N–H and O–H groups in total. The van der Waals surface area contributed by atoms with Crippen molar-refractivity contribution in [3.05, 3.63) is 39.8 Å². The molecule has 0 amide bonds. The molecule has 0 spiro atoms. The first kappa shape index (κ1) is 21.4. The fourth-order valence-corrected chi connectivity index (χ4v) is 3.12. The van der Waals surface area contributed by atoms with Crippen molar-refractivity contribution in [2.45, 2.75) is 23.9 Å². The quantitative estimate of drug-likeness (QED) is 0.396. The summed E-state index contributed by atoms with van der Waals surface area (Å²) in [6, 6.07) is 2.36. The molecular weight excluding hydrogens is 455 g/mol. The standard InChI is InChI=1S/C16H12BrF5N4S/c1-3-27-12-7-10(17)8-24-11(12)5-4-9-6-13(25-26-14(9)23-2)15(18,19)16(20,21)22/h6-8H,3H2,1-2H3,(H,23,26). The van der Waals surface area contributed by atoms with Gasteiger partial charge in [-0.15, -0.1) is 22.0 Å². The Hall–Kier alpha value is -1.93. The molecule has 2 heterocycles. The topological polar surface area (TPSA) is 50.7 Å². The fourth-order valence-electron chi connectivity index (χ4n) is 1.88. The molecule has 0 unspecified atom stereocenters. The lowest BCUT2D eigenvalue weighted by Gasteiger charge is -2.18. The van der Waals surface area contributed by atoms with Crippen LogP contribution in [0, 0.1) is 11.8 Å². The molecule has 0 aromatic carbocycles. The van der Waals surface area contributed by atoms with Crippen LogP contribution in [0.3, 0.4) is 0 Å². The number of hydrogen-bond acceptors (Lipinski definition) is 5. The molecular formula is C16H12BrF5N4S. The average molecular weight is 467 g/mol. The summed E-state index contributed by atoms with van der Waals surface area (Å²) in [6.45, 7) is 1.93. The second-order valence-electron chi connectivity index (χ2n) is 5.00. The van der Waals surface area contributed by atoms with Gasteiger partial charge in [0.1, 0.15) is 11.4 Å². The predicted molar refractivity (Wildman–Crippen MR) is 95.8 cm³/mol. The number of pyridine rings is 1. The van der Waals surface area contributed by atoms with Gasteiger partial charge in [0.15, 0.2) is 5.82 Å². The van der Waals surface area contributed by atoms with Crippen LogP contribution in [0.4, 0.5) is 27.8 Å². The van der Waals surface area contributed by atoms with Crippen LogP contribution in [-0.4, -0.2) is 34.2 Å². The van der Waals surface area contributed by atoms with Crippen LogP contribution >= 0.6 is 27.7 Å². The van der Waals surface area contributed by atoms with E-state index in [1.165, 1.54) is 25.0 Å². The van der Waals surface area contributed by atoms with Crippen molar-refractivity contribution in [1.29, 1.82) is 0 Å². The molecule has 0 aliphatic heterocycles. The maximum absolute atomic E-state index is 13.5. The molecule has 0 bridgehead atoms. The van der Waals surface area contributed by atoms with E-state index in [9.17, 15) is 22.0 Å². The van der Waals surface area contributed by atoms with Crippen molar-refractivity contribution < 1.29 is 22.0 Å². The van der Waals surface area contributed by atoms with Crippen LogP contribution in [0.5, 0.6) is 0 Å². The van der Waals surface area contributed by atoms with E-state index in [4.69, 9.17) is 0 Å². The van der Waals surface area contributed by atoms with Gasteiger partial charge in [0.2, 0.25) is 0 Å². The van der Waals surface area contributed by atoms with Crippen molar-refractivity contribution in [1.82, 2.24) is 15.2 Å². The number of anilines is 1. The molecule has 2 aromatic heterocycles. The van der Waals surface area contributed by atoms with Crippen LogP contribution in [0.1, 0.15) is 23.9 Å². The molecule has 11 heteroatoms. The molecule has 2 aromatic rings. The Morgan fingerprint density at radius 3 is 2.44 bits per heavy atom. The van der Waals surface area contributed by atoms with Crippen molar-refractivity contribution in [3.63, 3.8) is 0 Å². The highest BCUT2D eigenvalue weighted by Gasteiger charge is 2.60. The van der Waals surface area contributed by atoms with Gasteiger partial charge in [-0.05, 0) is 39.7 Å². The molecule has 0 atom stereocenters. The number of nitrogens with one attached hydrogen (secondary N) is 1. The van der Waals surface area contributed by atoms with E-state index in [0.717, 1.165) is 15.1 Å². The molecule has 27 heavy (non-hydrogen) atoms. The Morgan fingerprint density at radius 2 is 1.85 bits per heavy atom. The lowest BCUT2D eigenvalue weighted by molar-refractivity contribution is -0.291.